The van der Waals surface area contributed by atoms with E-state index in [1.165, 1.54) is 6.07 Å². The molecule has 0 radical (unpaired) electrons. The van der Waals surface area contributed by atoms with Crippen LogP contribution in [0.2, 0.25) is 0 Å². The first kappa shape index (κ1) is 15.4. The van der Waals surface area contributed by atoms with E-state index in [9.17, 15) is 18.4 Å². The van der Waals surface area contributed by atoms with Gasteiger partial charge < -0.3 is 15.0 Å². The van der Waals surface area contributed by atoms with Crippen LogP contribution in [0, 0.1) is 11.6 Å². The summed E-state index contributed by atoms with van der Waals surface area (Å²) < 4.78 is 31.0. The van der Waals surface area contributed by atoms with Crippen molar-refractivity contribution < 1.29 is 23.1 Å². The van der Waals surface area contributed by atoms with Crippen molar-refractivity contribution >= 4 is 11.8 Å². The number of nitrogens with zero attached hydrogens (tertiary/aromatic N) is 1. The van der Waals surface area contributed by atoms with E-state index in [2.05, 4.69) is 5.32 Å². The second-order valence-corrected chi connectivity index (χ2v) is 4.76. The van der Waals surface area contributed by atoms with Gasteiger partial charge in [-0.1, -0.05) is 0 Å². The van der Waals surface area contributed by atoms with Gasteiger partial charge in [-0.15, -0.1) is 0 Å². The molecule has 2 rings (SSSR count). The average molecular weight is 298 g/mol. The van der Waals surface area contributed by atoms with Gasteiger partial charge in [-0.25, -0.2) is 8.78 Å². The number of rotatable bonds is 3. The topological polar surface area (TPSA) is 58.6 Å². The zero-order chi connectivity index (χ0) is 15.4. The minimum Gasteiger partial charge on any atom is -0.378 e. The van der Waals surface area contributed by atoms with Crippen molar-refractivity contribution in [3.63, 3.8) is 0 Å². The molecule has 1 fully saturated rings. The van der Waals surface area contributed by atoms with Crippen LogP contribution < -0.4 is 5.32 Å². The summed E-state index contributed by atoms with van der Waals surface area (Å²) in [4.78, 5) is 25.6. The number of halogens is 2. The van der Waals surface area contributed by atoms with Crippen molar-refractivity contribution in [2.45, 2.75) is 13.0 Å². The number of hydrogen-bond donors (Lipinski definition) is 1. The number of ether oxygens (including phenoxy) is 1. The summed E-state index contributed by atoms with van der Waals surface area (Å²) >= 11 is 0. The summed E-state index contributed by atoms with van der Waals surface area (Å²) in [6.45, 7) is 3.44. The number of hydrogen-bond acceptors (Lipinski definition) is 3. The van der Waals surface area contributed by atoms with Crippen LogP contribution in [0.25, 0.3) is 0 Å². The third-order valence-electron chi connectivity index (χ3n) is 3.22. The lowest BCUT2D eigenvalue weighted by Crippen LogP contribution is -2.50. The highest BCUT2D eigenvalue weighted by molar-refractivity contribution is 5.97. The quantitative estimate of drug-likeness (QED) is 0.903. The van der Waals surface area contributed by atoms with Crippen LogP contribution in [0.1, 0.15) is 17.3 Å². The molecule has 114 valence electrons. The Balaban J connectivity index is 1.97. The number of carbonyl (C=O) groups is 2. The molecule has 0 aromatic heterocycles. The number of morpholine rings is 1. The molecule has 5 nitrogen and oxygen atoms in total. The van der Waals surface area contributed by atoms with Gasteiger partial charge in [0, 0.05) is 18.7 Å². The summed E-state index contributed by atoms with van der Waals surface area (Å²) in [5.74, 6) is -2.98. The summed E-state index contributed by atoms with van der Waals surface area (Å²) in [5, 5.41) is 2.48. The molecule has 0 spiro atoms. The van der Waals surface area contributed by atoms with Crippen molar-refractivity contribution in [3.05, 3.63) is 35.4 Å². The Bertz CT molecular complexity index is 545. The third-order valence-corrected chi connectivity index (χ3v) is 3.22. The average Bonchev–Trinajstić information content (AvgIpc) is 2.50. The van der Waals surface area contributed by atoms with Crippen LogP contribution in [0.5, 0.6) is 0 Å². The molecule has 1 N–H and O–H groups in total. The molecule has 1 aliphatic rings. The fourth-order valence-corrected chi connectivity index (χ4v) is 2.04. The highest BCUT2D eigenvalue weighted by Gasteiger charge is 2.24. The maximum atomic E-state index is 13.1. The normalized spacial score (nSPS) is 16.4. The van der Waals surface area contributed by atoms with E-state index >= 15 is 0 Å². The van der Waals surface area contributed by atoms with Crippen LogP contribution in [-0.2, 0) is 9.53 Å². The van der Waals surface area contributed by atoms with Gasteiger partial charge >= 0.3 is 0 Å². The number of nitrogens with one attached hydrogen (secondary N) is 1. The minimum atomic E-state index is -1.10. The lowest BCUT2D eigenvalue weighted by Gasteiger charge is -2.29. The monoisotopic (exact) mass is 298 g/mol. The first-order valence-electron chi connectivity index (χ1n) is 6.61. The van der Waals surface area contributed by atoms with Crippen molar-refractivity contribution in [1.82, 2.24) is 10.2 Å². The molecule has 2 amide bonds. The number of carbonyl (C=O) groups excluding carboxylic acids is 2. The van der Waals surface area contributed by atoms with Gasteiger partial charge in [0.1, 0.15) is 6.04 Å². The smallest absolute Gasteiger partial charge is 0.252 e. The molecule has 21 heavy (non-hydrogen) atoms. The van der Waals surface area contributed by atoms with Gasteiger partial charge in [-0.3, -0.25) is 9.59 Å². The second-order valence-electron chi connectivity index (χ2n) is 4.76. The molecule has 1 atom stereocenters. The fourth-order valence-electron chi connectivity index (χ4n) is 2.04. The van der Waals surface area contributed by atoms with E-state index in [1.807, 2.05) is 0 Å². The van der Waals surface area contributed by atoms with Gasteiger partial charge in [-0.2, -0.15) is 0 Å². The molecular formula is C14H16F2N2O3. The Hall–Kier alpha value is -2.02. The summed E-state index contributed by atoms with van der Waals surface area (Å²) in [6.07, 6.45) is 0. The highest BCUT2D eigenvalue weighted by Crippen LogP contribution is 2.09. The van der Waals surface area contributed by atoms with Gasteiger partial charge in [0.05, 0.1) is 13.2 Å². The van der Waals surface area contributed by atoms with E-state index in [1.54, 1.807) is 11.8 Å². The molecule has 0 bridgehead atoms. The van der Waals surface area contributed by atoms with Gasteiger partial charge in [-0.05, 0) is 25.1 Å². The Labute approximate surface area is 120 Å². The molecule has 0 aliphatic carbocycles. The van der Waals surface area contributed by atoms with Crippen LogP contribution in [0.4, 0.5) is 8.78 Å². The summed E-state index contributed by atoms with van der Waals surface area (Å²) in [5.41, 5.74) is -0.0319. The molecule has 7 heteroatoms. The van der Waals surface area contributed by atoms with Gasteiger partial charge in [0.2, 0.25) is 5.91 Å². The van der Waals surface area contributed by atoms with Crippen molar-refractivity contribution in [2.24, 2.45) is 0 Å². The Morgan fingerprint density at radius 2 is 1.90 bits per heavy atom. The third kappa shape index (κ3) is 3.75. The van der Waals surface area contributed by atoms with Crippen LogP contribution in [-0.4, -0.2) is 49.1 Å². The highest BCUT2D eigenvalue weighted by atomic mass is 19.2. The van der Waals surface area contributed by atoms with Crippen molar-refractivity contribution in [3.8, 4) is 0 Å². The van der Waals surface area contributed by atoms with Gasteiger partial charge in [0.25, 0.3) is 5.91 Å². The molecular weight excluding hydrogens is 282 g/mol. The van der Waals surface area contributed by atoms with Crippen LogP contribution in [0.3, 0.4) is 0 Å². The first-order valence-corrected chi connectivity index (χ1v) is 6.61. The SMILES string of the molecule is C[C@H](NC(=O)c1ccc(F)c(F)c1)C(=O)N1CCOCC1. The second kappa shape index (κ2) is 6.62. The summed E-state index contributed by atoms with van der Waals surface area (Å²) in [6, 6.07) is 2.10. The van der Waals surface area contributed by atoms with E-state index in [-0.39, 0.29) is 11.5 Å². The lowest BCUT2D eigenvalue weighted by atomic mass is 10.2. The largest absolute Gasteiger partial charge is 0.378 e. The minimum absolute atomic E-state index is 0.0319. The number of amides is 2. The Kier molecular flexibility index (Phi) is 4.85. The molecule has 1 heterocycles. The maximum Gasteiger partial charge on any atom is 0.252 e. The van der Waals surface area contributed by atoms with E-state index in [0.29, 0.717) is 26.3 Å². The van der Waals surface area contributed by atoms with Crippen LogP contribution in [0.15, 0.2) is 18.2 Å². The van der Waals surface area contributed by atoms with Crippen LogP contribution >= 0.6 is 0 Å². The van der Waals surface area contributed by atoms with Crippen molar-refractivity contribution in [2.75, 3.05) is 26.3 Å². The molecule has 1 aliphatic heterocycles. The maximum absolute atomic E-state index is 13.1. The molecule has 1 saturated heterocycles. The predicted molar refractivity (Wildman–Crippen MR) is 70.7 cm³/mol. The molecule has 0 unspecified atom stereocenters. The predicted octanol–water partition coefficient (Wildman–Crippen LogP) is 0.942. The van der Waals surface area contributed by atoms with E-state index in [0.717, 1.165) is 12.1 Å². The zero-order valence-electron chi connectivity index (χ0n) is 11.6. The summed E-state index contributed by atoms with van der Waals surface area (Å²) in [7, 11) is 0. The number of benzene rings is 1. The standard InChI is InChI=1S/C14H16F2N2O3/c1-9(14(20)18-4-6-21-7-5-18)17-13(19)10-2-3-11(15)12(16)8-10/h2-3,8-9H,4-7H2,1H3,(H,17,19)/t9-/m0/s1. The van der Waals surface area contributed by atoms with E-state index in [4.69, 9.17) is 4.74 Å². The Morgan fingerprint density at radius 1 is 1.24 bits per heavy atom. The van der Waals surface area contributed by atoms with Crippen molar-refractivity contribution in [1.29, 1.82) is 0 Å². The first-order chi connectivity index (χ1) is 9.99. The molecule has 0 saturated carbocycles. The Morgan fingerprint density at radius 3 is 2.52 bits per heavy atom. The lowest BCUT2D eigenvalue weighted by molar-refractivity contribution is -0.136. The zero-order valence-corrected chi connectivity index (χ0v) is 11.6. The fraction of sp³-hybridized carbons (Fsp3) is 0.429. The van der Waals surface area contributed by atoms with Gasteiger partial charge in [0.15, 0.2) is 11.6 Å². The molecule has 1 aromatic rings. The molecule has 1 aromatic carbocycles. The van der Waals surface area contributed by atoms with E-state index < -0.39 is 23.6 Å².